The highest BCUT2D eigenvalue weighted by atomic mass is 32.2. The average molecular weight is 421 g/mol. The molecule has 0 aliphatic carbocycles. The van der Waals surface area contributed by atoms with Gasteiger partial charge in [-0.25, -0.2) is 19.0 Å². The first kappa shape index (κ1) is 19.7. The fourth-order valence-electron chi connectivity index (χ4n) is 2.93. The first-order valence-electron chi connectivity index (χ1n) is 9.00. The predicted molar refractivity (Wildman–Crippen MR) is 112 cm³/mol. The summed E-state index contributed by atoms with van der Waals surface area (Å²) in [6.45, 7) is 1.45. The van der Waals surface area contributed by atoms with Crippen LogP contribution in [-0.4, -0.2) is 37.2 Å². The second kappa shape index (κ2) is 8.42. The summed E-state index contributed by atoms with van der Waals surface area (Å²) in [5, 5.41) is 8.37. The second-order valence-corrected chi connectivity index (χ2v) is 7.35. The molecular formula is C21H16FN5O2S. The molecule has 7 nitrogen and oxygen atoms in total. The van der Waals surface area contributed by atoms with Gasteiger partial charge in [0.25, 0.3) is 0 Å². The summed E-state index contributed by atoms with van der Waals surface area (Å²) in [6, 6.07) is 12.8. The van der Waals surface area contributed by atoms with Crippen molar-refractivity contribution in [2.24, 2.45) is 0 Å². The number of hydrogen-bond acceptors (Lipinski definition) is 6. The van der Waals surface area contributed by atoms with E-state index in [4.69, 9.17) is 0 Å². The van der Waals surface area contributed by atoms with Crippen LogP contribution < -0.4 is 5.32 Å². The molecule has 2 aromatic heterocycles. The van der Waals surface area contributed by atoms with E-state index in [-0.39, 0.29) is 23.3 Å². The molecule has 4 rings (SSSR count). The number of aromatic nitrogens is 4. The molecule has 0 fully saturated rings. The predicted octanol–water partition coefficient (Wildman–Crippen LogP) is 3.89. The largest absolute Gasteiger partial charge is 0.325 e. The zero-order chi connectivity index (χ0) is 21.1. The third-order valence-electron chi connectivity index (χ3n) is 4.32. The topological polar surface area (TPSA) is 89.8 Å². The lowest BCUT2D eigenvalue weighted by Crippen LogP contribution is -2.16. The number of hydrogen-bond donors (Lipinski definition) is 1. The average Bonchev–Trinajstić information content (AvgIpc) is 3.18. The first-order valence-corrected chi connectivity index (χ1v) is 9.99. The summed E-state index contributed by atoms with van der Waals surface area (Å²) in [4.78, 5) is 32.6. The van der Waals surface area contributed by atoms with Crippen molar-refractivity contribution in [3.05, 3.63) is 72.4 Å². The molecule has 0 spiro atoms. The number of halogens is 1. The van der Waals surface area contributed by atoms with Crippen LogP contribution in [0.15, 0.2) is 66.1 Å². The van der Waals surface area contributed by atoms with E-state index in [1.54, 1.807) is 47.3 Å². The third kappa shape index (κ3) is 4.06. The van der Waals surface area contributed by atoms with Crippen molar-refractivity contribution in [1.29, 1.82) is 0 Å². The summed E-state index contributed by atoms with van der Waals surface area (Å²) in [5.74, 6) is -0.616. The van der Waals surface area contributed by atoms with Gasteiger partial charge in [-0.15, -0.1) is 0 Å². The molecule has 0 aliphatic rings. The minimum atomic E-state index is -0.335. The molecule has 30 heavy (non-hydrogen) atoms. The Balaban J connectivity index is 1.52. The maximum atomic E-state index is 13.2. The van der Waals surface area contributed by atoms with Gasteiger partial charge in [-0.2, -0.15) is 5.10 Å². The Morgan fingerprint density at radius 1 is 1.10 bits per heavy atom. The number of nitrogens with one attached hydrogen (secondary N) is 1. The van der Waals surface area contributed by atoms with Crippen molar-refractivity contribution >= 4 is 40.2 Å². The van der Waals surface area contributed by atoms with E-state index in [0.29, 0.717) is 33.0 Å². The van der Waals surface area contributed by atoms with Crippen molar-refractivity contribution < 1.29 is 14.0 Å². The molecule has 9 heteroatoms. The number of anilines is 1. The van der Waals surface area contributed by atoms with E-state index in [9.17, 15) is 14.0 Å². The highest BCUT2D eigenvalue weighted by Crippen LogP contribution is 2.26. The maximum Gasteiger partial charge on any atom is 0.234 e. The molecule has 0 aliphatic heterocycles. The molecule has 0 saturated heterocycles. The van der Waals surface area contributed by atoms with Crippen LogP contribution in [0, 0.1) is 5.82 Å². The molecule has 1 N–H and O–H groups in total. The zero-order valence-electron chi connectivity index (χ0n) is 15.9. The van der Waals surface area contributed by atoms with Crippen LogP contribution in [0.4, 0.5) is 10.1 Å². The van der Waals surface area contributed by atoms with Crippen LogP contribution in [-0.2, 0) is 4.79 Å². The maximum absolute atomic E-state index is 13.2. The number of thioether (sulfide) groups is 1. The van der Waals surface area contributed by atoms with E-state index in [1.165, 1.54) is 37.1 Å². The van der Waals surface area contributed by atoms with Crippen molar-refractivity contribution in [1.82, 2.24) is 19.7 Å². The highest BCUT2D eigenvalue weighted by Gasteiger charge is 2.14. The quantitative estimate of drug-likeness (QED) is 0.289. The number of nitrogens with zero attached hydrogens (tertiary/aromatic N) is 4. The first-order chi connectivity index (χ1) is 14.5. The number of amides is 1. The number of para-hydroxylation sites is 1. The van der Waals surface area contributed by atoms with Gasteiger partial charge in [0.05, 0.1) is 28.7 Å². The Labute approximate surface area is 175 Å². The molecule has 0 atom stereocenters. The molecule has 150 valence electrons. The van der Waals surface area contributed by atoms with Crippen molar-refractivity contribution in [2.75, 3.05) is 11.1 Å². The van der Waals surface area contributed by atoms with E-state index in [0.717, 1.165) is 0 Å². The second-order valence-electron chi connectivity index (χ2n) is 6.39. The van der Waals surface area contributed by atoms with Gasteiger partial charge < -0.3 is 5.32 Å². The standard InChI is InChI=1S/C21H16FN5O2S/c1-13(28)16-4-2-3-5-18(16)26-19(29)11-30-21-17-10-25-27(20(17)23-12-24-21)15-8-6-14(22)7-9-15/h2-10,12H,11H2,1H3,(H,26,29). The van der Waals surface area contributed by atoms with Crippen LogP contribution in [0.1, 0.15) is 17.3 Å². The number of carbonyl (C=O) groups is 2. The summed E-state index contributed by atoms with van der Waals surface area (Å²) >= 11 is 1.24. The molecular weight excluding hydrogens is 405 g/mol. The van der Waals surface area contributed by atoms with Gasteiger partial charge >= 0.3 is 0 Å². The molecule has 4 aromatic rings. The number of benzene rings is 2. The number of carbonyl (C=O) groups excluding carboxylic acids is 2. The third-order valence-corrected chi connectivity index (χ3v) is 5.33. The van der Waals surface area contributed by atoms with Crippen molar-refractivity contribution in [3.8, 4) is 5.69 Å². The Bertz CT molecular complexity index is 1240. The van der Waals surface area contributed by atoms with Crippen LogP contribution in [0.3, 0.4) is 0 Å². The minimum absolute atomic E-state index is 0.0973. The molecule has 2 aromatic carbocycles. The number of rotatable bonds is 6. The van der Waals surface area contributed by atoms with Crippen LogP contribution in [0.25, 0.3) is 16.7 Å². The van der Waals surface area contributed by atoms with E-state index < -0.39 is 0 Å². The Kier molecular flexibility index (Phi) is 5.53. The minimum Gasteiger partial charge on any atom is -0.325 e. The number of ketones is 1. The van der Waals surface area contributed by atoms with Gasteiger partial charge in [0.1, 0.15) is 17.2 Å². The number of fused-ring (bicyclic) bond motifs is 1. The Morgan fingerprint density at radius 2 is 1.87 bits per heavy atom. The van der Waals surface area contributed by atoms with Gasteiger partial charge in [0.2, 0.25) is 5.91 Å². The lowest BCUT2D eigenvalue weighted by molar-refractivity contribution is -0.113. The smallest absolute Gasteiger partial charge is 0.234 e. The lowest BCUT2D eigenvalue weighted by Gasteiger charge is -2.09. The van der Waals surface area contributed by atoms with Gasteiger partial charge in [-0.3, -0.25) is 9.59 Å². The van der Waals surface area contributed by atoms with Crippen molar-refractivity contribution in [3.63, 3.8) is 0 Å². The summed E-state index contributed by atoms with van der Waals surface area (Å²) in [7, 11) is 0. The number of Topliss-reactive ketones (excluding diaryl/α,β-unsaturated/α-hetero) is 1. The monoisotopic (exact) mass is 421 g/mol. The Hall–Kier alpha value is -3.59. The van der Waals surface area contributed by atoms with Gasteiger partial charge in [-0.1, -0.05) is 23.9 Å². The molecule has 0 saturated carbocycles. The lowest BCUT2D eigenvalue weighted by atomic mass is 10.1. The van der Waals surface area contributed by atoms with E-state index >= 15 is 0 Å². The van der Waals surface area contributed by atoms with Crippen LogP contribution >= 0.6 is 11.8 Å². The zero-order valence-corrected chi connectivity index (χ0v) is 16.7. The highest BCUT2D eigenvalue weighted by molar-refractivity contribution is 8.00. The van der Waals surface area contributed by atoms with Crippen molar-refractivity contribution in [2.45, 2.75) is 11.9 Å². The Morgan fingerprint density at radius 3 is 2.63 bits per heavy atom. The molecule has 0 radical (unpaired) electrons. The summed E-state index contributed by atoms with van der Waals surface area (Å²) in [5.41, 5.74) is 2.16. The van der Waals surface area contributed by atoms with Gasteiger partial charge in [0, 0.05) is 5.56 Å². The van der Waals surface area contributed by atoms with E-state index in [2.05, 4.69) is 20.4 Å². The summed E-state index contributed by atoms with van der Waals surface area (Å²) in [6.07, 6.45) is 3.01. The molecule has 2 heterocycles. The normalized spacial score (nSPS) is 10.9. The van der Waals surface area contributed by atoms with Crippen LogP contribution in [0.2, 0.25) is 0 Å². The fraction of sp³-hybridized carbons (Fsp3) is 0.0952. The van der Waals surface area contributed by atoms with Crippen LogP contribution in [0.5, 0.6) is 0 Å². The van der Waals surface area contributed by atoms with Gasteiger partial charge in [-0.05, 0) is 43.3 Å². The summed E-state index contributed by atoms with van der Waals surface area (Å²) < 4.78 is 14.8. The SMILES string of the molecule is CC(=O)c1ccccc1NC(=O)CSc1ncnc2c1cnn2-c1ccc(F)cc1. The fourth-order valence-corrected chi connectivity index (χ4v) is 3.69. The molecule has 0 bridgehead atoms. The van der Waals surface area contributed by atoms with Gasteiger partial charge in [0.15, 0.2) is 11.4 Å². The van der Waals surface area contributed by atoms with E-state index in [1.807, 2.05) is 0 Å². The molecule has 0 unspecified atom stereocenters. The molecule has 1 amide bonds.